The molecule has 0 aliphatic rings. The van der Waals surface area contributed by atoms with Gasteiger partial charge in [-0.25, -0.2) is 4.39 Å². The number of aromatic nitrogens is 2. The van der Waals surface area contributed by atoms with Gasteiger partial charge in [0.25, 0.3) is 0 Å². The molecule has 84 valence electrons. The van der Waals surface area contributed by atoms with Crippen LogP contribution >= 0.6 is 15.9 Å². The van der Waals surface area contributed by atoms with Crippen molar-refractivity contribution in [3.05, 3.63) is 46.3 Å². The van der Waals surface area contributed by atoms with Gasteiger partial charge in [-0.3, -0.25) is 4.68 Å². The van der Waals surface area contributed by atoms with E-state index in [9.17, 15) is 4.39 Å². The van der Waals surface area contributed by atoms with Crippen LogP contribution in [0.3, 0.4) is 0 Å². The molecule has 0 saturated carbocycles. The average Bonchev–Trinajstić information content (AvgIpc) is 2.63. The summed E-state index contributed by atoms with van der Waals surface area (Å²) in [5.74, 6) is 0.645. The molecule has 0 bridgehead atoms. The van der Waals surface area contributed by atoms with E-state index in [-0.39, 0.29) is 5.82 Å². The molecule has 1 aromatic heterocycles. The summed E-state index contributed by atoms with van der Waals surface area (Å²) in [5.41, 5.74) is 0.629. The fraction of sp³-hybridized carbons (Fsp3) is 0.182. The number of anilines is 1. The molecule has 16 heavy (non-hydrogen) atoms. The second-order valence-corrected chi connectivity index (χ2v) is 4.35. The Kier molecular flexibility index (Phi) is 3.24. The van der Waals surface area contributed by atoms with Crippen molar-refractivity contribution in [1.82, 2.24) is 9.78 Å². The Balaban J connectivity index is 2.08. The van der Waals surface area contributed by atoms with E-state index in [4.69, 9.17) is 0 Å². The fourth-order valence-electron chi connectivity index (χ4n) is 1.40. The molecule has 5 heteroatoms. The first-order valence-electron chi connectivity index (χ1n) is 4.82. The molecule has 1 N–H and O–H groups in total. The molecule has 0 amide bonds. The summed E-state index contributed by atoms with van der Waals surface area (Å²) >= 11 is 3.22. The number of rotatable bonds is 3. The fourth-order valence-corrected chi connectivity index (χ4v) is 1.73. The maximum absolute atomic E-state index is 13.5. The van der Waals surface area contributed by atoms with Crippen LogP contribution in [0.4, 0.5) is 10.2 Å². The maximum atomic E-state index is 13.5. The molecule has 2 aromatic rings. The van der Waals surface area contributed by atoms with Gasteiger partial charge in [-0.05, 0) is 12.1 Å². The number of benzene rings is 1. The zero-order valence-corrected chi connectivity index (χ0v) is 10.3. The standard InChI is InChI=1S/C11H11BrFN3/c1-16-11(4-5-15-16)14-7-8-2-3-9(12)6-10(8)13/h2-6,14H,7H2,1H3. The van der Waals surface area contributed by atoms with Gasteiger partial charge in [-0.1, -0.05) is 22.0 Å². The van der Waals surface area contributed by atoms with Crippen LogP contribution in [0.15, 0.2) is 34.9 Å². The molecule has 0 saturated heterocycles. The Hall–Kier alpha value is -1.36. The number of hydrogen-bond acceptors (Lipinski definition) is 2. The van der Waals surface area contributed by atoms with Crippen LogP contribution in [0.1, 0.15) is 5.56 Å². The zero-order chi connectivity index (χ0) is 11.5. The summed E-state index contributed by atoms with van der Waals surface area (Å²) in [4.78, 5) is 0. The van der Waals surface area contributed by atoms with Gasteiger partial charge in [0, 0.05) is 29.7 Å². The Morgan fingerprint density at radius 3 is 2.88 bits per heavy atom. The van der Waals surface area contributed by atoms with Crippen molar-refractivity contribution >= 4 is 21.7 Å². The number of halogens is 2. The molecule has 0 spiro atoms. The first kappa shape index (κ1) is 11.1. The van der Waals surface area contributed by atoms with Gasteiger partial charge in [-0.15, -0.1) is 0 Å². The largest absolute Gasteiger partial charge is 0.366 e. The normalized spacial score (nSPS) is 10.4. The first-order chi connectivity index (χ1) is 7.66. The lowest BCUT2D eigenvalue weighted by Crippen LogP contribution is -2.05. The highest BCUT2D eigenvalue weighted by atomic mass is 79.9. The lowest BCUT2D eigenvalue weighted by atomic mass is 10.2. The van der Waals surface area contributed by atoms with E-state index >= 15 is 0 Å². The number of nitrogens with zero attached hydrogens (tertiary/aromatic N) is 2. The van der Waals surface area contributed by atoms with Crippen molar-refractivity contribution < 1.29 is 4.39 Å². The van der Waals surface area contributed by atoms with Crippen molar-refractivity contribution in [1.29, 1.82) is 0 Å². The van der Waals surface area contributed by atoms with Crippen LogP contribution in [0.2, 0.25) is 0 Å². The number of aryl methyl sites for hydroxylation is 1. The lowest BCUT2D eigenvalue weighted by molar-refractivity contribution is 0.611. The van der Waals surface area contributed by atoms with Crippen molar-refractivity contribution in [2.75, 3.05) is 5.32 Å². The summed E-state index contributed by atoms with van der Waals surface area (Å²) < 4.78 is 15.9. The van der Waals surface area contributed by atoms with Crippen molar-refractivity contribution in [2.45, 2.75) is 6.54 Å². The lowest BCUT2D eigenvalue weighted by Gasteiger charge is -2.07. The SMILES string of the molecule is Cn1nccc1NCc1ccc(Br)cc1F. The molecule has 0 aliphatic carbocycles. The van der Waals surface area contributed by atoms with Crippen molar-refractivity contribution in [3.63, 3.8) is 0 Å². The molecular formula is C11H11BrFN3. The Bertz CT molecular complexity index is 496. The van der Waals surface area contributed by atoms with Gasteiger partial charge in [-0.2, -0.15) is 5.10 Å². The van der Waals surface area contributed by atoms with E-state index in [1.807, 2.05) is 19.2 Å². The predicted molar refractivity (Wildman–Crippen MR) is 64.6 cm³/mol. The summed E-state index contributed by atoms with van der Waals surface area (Å²) in [6.45, 7) is 0.443. The Morgan fingerprint density at radius 2 is 2.25 bits per heavy atom. The molecule has 3 nitrogen and oxygen atoms in total. The summed E-state index contributed by atoms with van der Waals surface area (Å²) in [6, 6.07) is 6.88. The topological polar surface area (TPSA) is 29.9 Å². The van der Waals surface area contributed by atoms with E-state index in [0.717, 1.165) is 10.3 Å². The molecule has 0 aliphatic heterocycles. The minimum Gasteiger partial charge on any atom is -0.366 e. The molecule has 1 aromatic carbocycles. The van der Waals surface area contributed by atoms with Crippen LogP contribution < -0.4 is 5.32 Å². The second kappa shape index (κ2) is 4.65. The van der Waals surface area contributed by atoms with E-state index < -0.39 is 0 Å². The number of hydrogen-bond donors (Lipinski definition) is 1. The van der Waals surface area contributed by atoms with Gasteiger partial charge in [0.05, 0.1) is 6.20 Å². The van der Waals surface area contributed by atoms with Crippen LogP contribution in [-0.4, -0.2) is 9.78 Å². The van der Waals surface area contributed by atoms with E-state index in [0.29, 0.717) is 12.1 Å². The molecule has 2 rings (SSSR count). The third-order valence-electron chi connectivity index (χ3n) is 2.30. The van der Waals surface area contributed by atoms with Gasteiger partial charge in [0.1, 0.15) is 11.6 Å². The van der Waals surface area contributed by atoms with Gasteiger partial charge < -0.3 is 5.32 Å². The molecule has 0 unspecified atom stereocenters. The maximum Gasteiger partial charge on any atom is 0.129 e. The monoisotopic (exact) mass is 283 g/mol. The zero-order valence-electron chi connectivity index (χ0n) is 8.74. The smallest absolute Gasteiger partial charge is 0.129 e. The van der Waals surface area contributed by atoms with E-state index in [1.165, 1.54) is 6.07 Å². The molecule has 1 heterocycles. The minimum absolute atomic E-state index is 0.218. The molecule has 0 atom stereocenters. The predicted octanol–water partition coefficient (Wildman–Crippen LogP) is 2.93. The van der Waals surface area contributed by atoms with Crippen LogP contribution in [0, 0.1) is 5.82 Å². The van der Waals surface area contributed by atoms with E-state index in [2.05, 4.69) is 26.3 Å². The first-order valence-corrected chi connectivity index (χ1v) is 5.62. The van der Waals surface area contributed by atoms with Gasteiger partial charge in [0.15, 0.2) is 0 Å². The van der Waals surface area contributed by atoms with Gasteiger partial charge in [0.2, 0.25) is 0 Å². The third kappa shape index (κ3) is 2.41. The minimum atomic E-state index is -0.218. The average molecular weight is 284 g/mol. The summed E-state index contributed by atoms with van der Waals surface area (Å²) in [6.07, 6.45) is 1.69. The highest BCUT2D eigenvalue weighted by Crippen LogP contribution is 2.16. The summed E-state index contributed by atoms with van der Waals surface area (Å²) in [5, 5.41) is 7.13. The van der Waals surface area contributed by atoms with Crippen LogP contribution in [0.5, 0.6) is 0 Å². The Labute approximate surface area is 101 Å². The van der Waals surface area contributed by atoms with Crippen LogP contribution in [0.25, 0.3) is 0 Å². The van der Waals surface area contributed by atoms with Gasteiger partial charge >= 0.3 is 0 Å². The highest BCUT2D eigenvalue weighted by Gasteiger charge is 2.03. The quantitative estimate of drug-likeness (QED) is 0.939. The van der Waals surface area contributed by atoms with Crippen LogP contribution in [-0.2, 0) is 13.6 Å². The van der Waals surface area contributed by atoms with Crippen molar-refractivity contribution in [3.8, 4) is 0 Å². The summed E-state index contributed by atoms with van der Waals surface area (Å²) in [7, 11) is 1.83. The molecule has 0 radical (unpaired) electrons. The molecule has 0 fully saturated rings. The third-order valence-corrected chi connectivity index (χ3v) is 2.79. The second-order valence-electron chi connectivity index (χ2n) is 3.43. The Morgan fingerprint density at radius 1 is 1.44 bits per heavy atom. The number of nitrogens with one attached hydrogen (secondary N) is 1. The molecular weight excluding hydrogens is 273 g/mol. The van der Waals surface area contributed by atoms with E-state index in [1.54, 1.807) is 16.9 Å². The highest BCUT2D eigenvalue weighted by molar-refractivity contribution is 9.10. The van der Waals surface area contributed by atoms with Crippen molar-refractivity contribution in [2.24, 2.45) is 7.05 Å².